The maximum Gasteiger partial charge on any atom is 0.335 e. The first kappa shape index (κ1) is 23.1. The summed E-state index contributed by atoms with van der Waals surface area (Å²) in [6, 6.07) is 26.3. The molecule has 0 atom stereocenters. The molecule has 3 aromatic carbocycles. The molecule has 2 heterocycles. The summed E-state index contributed by atoms with van der Waals surface area (Å²) in [7, 11) is 0. The Balaban J connectivity index is 1.69. The molecule has 1 fully saturated rings. The first-order valence-electron chi connectivity index (χ1n) is 11.7. The number of rotatable bonds is 4. The number of barbiturate groups is 1. The van der Waals surface area contributed by atoms with Gasteiger partial charge in [-0.15, -0.1) is 0 Å². The minimum atomic E-state index is -0.753. The Morgan fingerprint density at radius 2 is 1.44 bits per heavy atom. The van der Waals surface area contributed by atoms with Crippen molar-refractivity contribution in [2.45, 2.75) is 20.8 Å². The van der Waals surface area contributed by atoms with Crippen LogP contribution in [-0.4, -0.2) is 22.4 Å². The van der Waals surface area contributed by atoms with Crippen molar-refractivity contribution in [3.63, 3.8) is 0 Å². The molecular formula is C30H25N3O3. The molecule has 1 saturated heterocycles. The number of nitrogens with zero attached hydrogens (tertiary/aromatic N) is 2. The average molecular weight is 476 g/mol. The minimum absolute atomic E-state index is 0.0992. The van der Waals surface area contributed by atoms with Gasteiger partial charge in [-0.1, -0.05) is 60.7 Å². The third-order valence-electron chi connectivity index (χ3n) is 6.49. The molecule has 1 aromatic heterocycles. The highest BCUT2D eigenvalue weighted by Gasteiger charge is 2.38. The largest absolute Gasteiger partial charge is 0.335 e. The van der Waals surface area contributed by atoms with Crippen LogP contribution in [0.25, 0.3) is 23.0 Å². The van der Waals surface area contributed by atoms with Crippen LogP contribution in [0.3, 0.4) is 0 Å². The maximum atomic E-state index is 13.6. The monoisotopic (exact) mass is 475 g/mol. The lowest BCUT2D eigenvalue weighted by molar-refractivity contribution is -0.122. The van der Waals surface area contributed by atoms with Crippen LogP contribution in [0.1, 0.15) is 22.4 Å². The molecule has 6 nitrogen and oxygen atoms in total. The normalized spacial score (nSPS) is 14.9. The lowest BCUT2D eigenvalue weighted by Gasteiger charge is -2.28. The molecule has 0 unspecified atom stereocenters. The molecule has 1 aliphatic rings. The van der Waals surface area contributed by atoms with E-state index in [1.807, 2.05) is 93.6 Å². The highest BCUT2D eigenvalue weighted by atomic mass is 16.2. The quantitative estimate of drug-likeness (QED) is 0.302. The van der Waals surface area contributed by atoms with E-state index in [0.29, 0.717) is 11.3 Å². The third-order valence-corrected chi connectivity index (χ3v) is 6.49. The summed E-state index contributed by atoms with van der Waals surface area (Å²) < 4.78 is 2.10. The zero-order valence-electron chi connectivity index (χ0n) is 20.3. The number of aromatic nitrogens is 1. The zero-order valence-corrected chi connectivity index (χ0v) is 20.3. The highest BCUT2D eigenvalue weighted by Crippen LogP contribution is 2.33. The molecule has 1 aliphatic heterocycles. The van der Waals surface area contributed by atoms with Crippen LogP contribution in [0.2, 0.25) is 0 Å². The number of hydrogen-bond donors (Lipinski definition) is 1. The van der Waals surface area contributed by atoms with Gasteiger partial charge in [0.25, 0.3) is 11.8 Å². The first-order valence-corrected chi connectivity index (χ1v) is 11.7. The number of anilines is 1. The van der Waals surface area contributed by atoms with Crippen molar-refractivity contribution in [1.82, 2.24) is 9.88 Å². The summed E-state index contributed by atoms with van der Waals surface area (Å²) in [5, 5.41) is 2.34. The SMILES string of the molecule is Cc1cccc(N2C(=O)NC(=O)/C(=C\c3cc(C)n(-c4ccccc4)c3-c3ccccc3)C2=O)c1C. The van der Waals surface area contributed by atoms with Gasteiger partial charge in [0.2, 0.25) is 0 Å². The number of hydrogen-bond acceptors (Lipinski definition) is 3. The van der Waals surface area contributed by atoms with E-state index in [-0.39, 0.29) is 5.57 Å². The summed E-state index contributed by atoms with van der Waals surface area (Å²) in [6.07, 6.45) is 1.58. The maximum absolute atomic E-state index is 13.6. The van der Waals surface area contributed by atoms with Crippen LogP contribution in [0, 0.1) is 20.8 Å². The van der Waals surface area contributed by atoms with Crippen molar-refractivity contribution in [2.75, 3.05) is 4.90 Å². The minimum Gasteiger partial charge on any atom is -0.313 e. The van der Waals surface area contributed by atoms with Gasteiger partial charge in [-0.05, 0) is 67.8 Å². The van der Waals surface area contributed by atoms with Gasteiger partial charge in [-0.3, -0.25) is 14.9 Å². The predicted molar refractivity (Wildman–Crippen MR) is 141 cm³/mol. The summed E-state index contributed by atoms with van der Waals surface area (Å²) in [5.74, 6) is -1.36. The van der Waals surface area contributed by atoms with E-state index in [4.69, 9.17) is 0 Å². The molecule has 0 radical (unpaired) electrons. The number of benzene rings is 3. The van der Waals surface area contributed by atoms with E-state index in [2.05, 4.69) is 9.88 Å². The predicted octanol–water partition coefficient (Wildman–Crippen LogP) is 5.74. The van der Waals surface area contributed by atoms with Gasteiger partial charge in [0.05, 0.1) is 11.4 Å². The third kappa shape index (κ3) is 3.92. The number of imide groups is 2. The lowest BCUT2D eigenvalue weighted by Crippen LogP contribution is -2.54. The topological polar surface area (TPSA) is 71.4 Å². The number of carbonyl (C=O) groups is 3. The summed E-state index contributed by atoms with van der Waals surface area (Å²) in [6.45, 7) is 5.74. The summed E-state index contributed by atoms with van der Waals surface area (Å²) in [4.78, 5) is 40.3. The molecular weight excluding hydrogens is 450 g/mol. The molecule has 4 aromatic rings. The zero-order chi connectivity index (χ0) is 25.4. The molecule has 4 amide bonds. The fourth-order valence-electron chi connectivity index (χ4n) is 4.58. The van der Waals surface area contributed by atoms with Crippen molar-refractivity contribution >= 4 is 29.6 Å². The van der Waals surface area contributed by atoms with Gasteiger partial charge in [0.1, 0.15) is 5.57 Å². The second-order valence-electron chi connectivity index (χ2n) is 8.80. The van der Waals surface area contributed by atoms with Gasteiger partial charge in [-0.2, -0.15) is 0 Å². The van der Waals surface area contributed by atoms with Gasteiger partial charge in [-0.25, -0.2) is 9.69 Å². The lowest BCUT2D eigenvalue weighted by atomic mass is 10.0. The van der Waals surface area contributed by atoms with Crippen molar-refractivity contribution in [3.8, 4) is 16.9 Å². The Kier molecular flexibility index (Phi) is 5.86. The second-order valence-corrected chi connectivity index (χ2v) is 8.80. The van der Waals surface area contributed by atoms with Gasteiger partial charge < -0.3 is 4.57 Å². The van der Waals surface area contributed by atoms with Crippen molar-refractivity contribution in [2.24, 2.45) is 0 Å². The van der Waals surface area contributed by atoms with Gasteiger partial charge in [0, 0.05) is 16.9 Å². The molecule has 1 N–H and O–H groups in total. The van der Waals surface area contributed by atoms with Crippen molar-refractivity contribution < 1.29 is 14.4 Å². The van der Waals surface area contributed by atoms with Crippen LogP contribution in [-0.2, 0) is 9.59 Å². The number of aryl methyl sites for hydroxylation is 2. The highest BCUT2D eigenvalue weighted by molar-refractivity contribution is 6.39. The molecule has 0 aliphatic carbocycles. The molecule has 5 rings (SSSR count). The van der Waals surface area contributed by atoms with Crippen LogP contribution in [0.5, 0.6) is 0 Å². The smallest absolute Gasteiger partial charge is 0.313 e. The number of nitrogens with one attached hydrogen (secondary N) is 1. The second kappa shape index (κ2) is 9.15. The van der Waals surface area contributed by atoms with Crippen LogP contribution in [0.15, 0.2) is 90.5 Å². The van der Waals surface area contributed by atoms with Gasteiger partial charge in [0.15, 0.2) is 0 Å². The van der Waals surface area contributed by atoms with Crippen LogP contribution in [0.4, 0.5) is 10.5 Å². The van der Waals surface area contributed by atoms with Crippen molar-refractivity contribution in [1.29, 1.82) is 0 Å². The van der Waals surface area contributed by atoms with E-state index >= 15 is 0 Å². The Morgan fingerprint density at radius 1 is 0.778 bits per heavy atom. The molecule has 0 spiro atoms. The molecule has 36 heavy (non-hydrogen) atoms. The van der Waals surface area contributed by atoms with E-state index in [0.717, 1.165) is 38.7 Å². The van der Waals surface area contributed by atoms with Crippen LogP contribution >= 0.6 is 0 Å². The molecule has 0 bridgehead atoms. The molecule has 6 heteroatoms. The Labute approximate surface area is 209 Å². The Hall–Kier alpha value is -4.71. The average Bonchev–Trinajstić information content (AvgIpc) is 3.21. The Morgan fingerprint density at radius 3 is 2.14 bits per heavy atom. The van der Waals surface area contributed by atoms with E-state index in [1.54, 1.807) is 18.2 Å². The summed E-state index contributed by atoms with van der Waals surface area (Å²) >= 11 is 0. The number of urea groups is 1. The fraction of sp³-hybridized carbons (Fsp3) is 0.100. The van der Waals surface area contributed by atoms with E-state index < -0.39 is 17.8 Å². The summed E-state index contributed by atoms with van der Waals surface area (Å²) in [5.41, 5.74) is 6.49. The molecule has 0 saturated carbocycles. The number of carbonyl (C=O) groups excluding carboxylic acids is 3. The van der Waals surface area contributed by atoms with Crippen LogP contribution < -0.4 is 10.2 Å². The van der Waals surface area contributed by atoms with Gasteiger partial charge >= 0.3 is 6.03 Å². The first-order chi connectivity index (χ1) is 17.4. The fourth-order valence-corrected chi connectivity index (χ4v) is 4.58. The van der Waals surface area contributed by atoms with E-state index in [1.165, 1.54) is 0 Å². The molecule has 178 valence electrons. The standard InChI is InChI=1S/C30H25N3O3/c1-19-11-10-16-26(21(19)3)33-29(35)25(28(34)31-30(33)36)18-23-17-20(2)32(24-14-8-5-9-15-24)27(23)22-12-6-4-7-13-22/h4-18H,1-3H3,(H,31,34,36)/b25-18+. The number of amides is 4. The van der Waals surface area contributed by atoms with Crippen molar-refractivity contribution in [3.05, 3.63) is 113 Å². The van der Waals surface area contributed by atoms with E-state index in [9.17, 15) is 14.4 Å². The number of para-hydroxylation sites is 1. The Bertz CT molecular complexity index is 1530.